The van der Waals surface area contributed by atoms with Crippen molar-refractivity contribution in [3.8, 4) is 5.75 Å². The number of nitrogens with one attached hydrogen (secondary N) is 1. The third-order valence-electron chi connectivity index (χ3n) is 2.20. The Morgan fingerprint density at radius 2 is 2.11 bits per heavy atom. The van der Waals surface area contributed by atoms with Gasteiger partial charge in [0.05, 0.1) is 18.2 Å². The highest BCUT2D eigenvalue weighted by atomic mass is 79.9. The topological polar surface area (TPSA) is 84.9 Å². The average molecular weight is 332 g/mol. The van der Waals surface area contributed by atoms with E-state index in [4.69, 9.17) is 9.84 Å². The number of para-hydroxylation sites is 1. The van der Waals surface area contributed by atoms with E-state index in [-0.39, 0.29) is 6.61 Å². The van der Waals surface area contributed by atoms with Crippen LogP contribution in [0.4, 0.5) is 0 Å². The molecule has 7 heteroatoms. The van der Waals surface area contributed by atoms with E-state index in [1.54, 1.807) is 18.2 Å². The van der Waals surface area contributed by atoms with Crippen molar-refractivity contribution in [2.75, 3.05) is 20.3 Å². The van der Waals surface area contributed by atoms with Crippen LogP contribution in [0.15, 0.2) is 28.7 Å². The van der Waals surface area contributed by atoms with Crippen molar-refractivity contribution < 1.29 is 24.2 Å². The lowest BCUT2D eigenvalue weighted by molar-refractivity contribution is -0.146. The fourth-order valence-corrected chi connectivity index (χ4v) is 1.66. The maximum Gasteiger partial charge on any atom is 0.330 e. The molecule has 0 heterocycles. The lowest BCUT2D eigenvalue weighted by atomic mass is 10.3. The van der Waals surface area contributed by atoms with Crippen molar-refractivity contribution in [2.45, 2.75) is 6.04 Å². The molecule has 0 radical (unpaired) electrons. The molecule has 1 amide bonds. The van der Waals surface area contributed by atoms with Crippen LogP contribution in [-0.4, -0.2) is 43.3 Å². The van der Waals surface area contributed by atoms with E-state index in [0.29, 0.717) is 5.75 Å². The minimum Gasteiger partial charge on any atom is -0.483 e. The lowest BCUT2D eigenvalue weighted by Gasteiger charge is -2.14. The van der Waals surface area contributed by atoms with Crippen molar-refractivity contribution in [1.82, 2.24) is 5.32 Å². The van der Waals surface area contributed by atoms with Crippen molar-refractivity contribution in [3.05, 3.63) is 28.7 Å². The van der Waals surface area contributed by atoms with Crippen LogP contribution in [0.25, 0.3) is 0 Å². The molecule has 0 aliphatic heterocycles. The standard InChI is InChI=1S/C12H14BrNO5/c1-18-12(17)9(6-15)14-11(16)7-19-10-5-3-2-4-8(10)13/h2-5,9,15H,6-7H2,1H3,(H,14,16)/t9-/m0/s1. The van der Waals surface area contributed by atoms with Gasteiger partial charge in [0.1, 0.15) is 5.75 Å². The number of aliphatic hydroxyl groups excluding tert-OH is 1. The Morgan fingerprint density at radius 3 is 2.68 bits per heavy atom. The van der Waals surface area contributed by atoms with Gasteiger partial charge in [0.15, 0.2) is 12.6 Å². The number of ether oxygens (including phenoxy) is 2. The second-order valence-electron chi connectivity index (χ2n) is 3.54. The van der Waals surface area contributed by atoms with Gasteiger partial charge in [-0.3, -0.25) is 4.79 Å². The quantitative estimate of drug-likeness (QED) is 0.740. The summed E-state index contributed by atoms with van der Waals surface area (Å²) in [6, 6.07) is 5.97. The van der Waals surface area contributed by atoms with E-state index < -0.39 is 24.5 Å². The zero-order chi connectivity index (χ0) is 14.3. The molecular weight excluding hydrogens is 318 g/mol. The smallest absolute Gasteiger partial charge is 0.330 e. The first-order valence-corrected chi connectivity index (χ1v) is 6.23. The summed E-state index contributed by atoms with van der Waals surface area (Å²) in [7, 11) is 1.18. The summed E-state index contributed by atoms with van der Waals surface area (Å²) in [6.07, 6.45) is 0. The number of methoxy groups -OCH3 is 1. The molecule has 104 valence electrons. The largest absolute Gasteiger partial charge is 0.483 e. The van der Waals surface area contributed by atoms with Crippen LogP contribution < -0.4 is 10.1 Å². The van der Waals surface area contributed by atoms with Gasteiger partial charge in [-0.15, -0.1) is 0 Å². The first-order valence-electron chi connectivity index (χ1n) is 5.44. The Morgan fingerprint density at radius 1 is 1.42 bits per heavy atom. The van der Waals surface area contributed by atoms with Crippen LogP contribution in [0.3, 0.4) is 0 Å². The van der Waals surface area contributed by atoms with Gasteiger partial charge in [0.25, 0.3) is 5.91 Å². The Bertz CT molecular complexity index is 452. The number of aliphatic hydroxyl groups is 1. The molecule has 0 unspecified atom stereocenters. The molecule has 0 saturated heterocycles. The Hall–Kier alpha value is -1.60. The number of amides is 1. The molecule has 0 fully saturated rings. The van der Waals surface area contributed by atoms with Gasteiger partial charge in [-0.1, -0.05) is 12.1 Å². The normalized spacial score (nSPS) is 11.5. The summed E-state index contributed by atoms with van der Waals surface area (Å²) >= 11 is 3.27. The van der Waals surface area contributed by atoms with Crippen molar-refractivity contribution in [2.24, 2.45) is 0 Å². The van der Waals surface area contributed by atoms with Crippen LogP contribution in [0.5, 0.6) is 5.75 Å². The third-order valence-corrected chi connectivity index (χ3v) is 2.85. The second kappa shape index (κ2) is 7.75. The number of hydrogen-bond donors (Lipinski definition) is 2. The first-order chi connectivity index (χ1) is 9.08. The number of esters is 1. The zero-order valence-electron chi connectivity index (χ0n) is 10.3. The Kier molecular flexibility index (Phi) is 6.31. The van der Waals surface area contributed by atoms with E-state index in [2.05, 4.69) is 26.0 Å². The number of carbonyl (C=O) groups is 2. The summed E-state index contributed by atoms with van der Waals surface area (Å²) in [5, 5.41) is 11.2. The second-order valence-corrected chi connectivity index (χ2v) is 4.40. The molecule has 0 bridgehead atoms. The molecule has 1 atom stereocenters. The summed E-state index contributed by atoms with van der Waals surface area (Å²) in [5.41, 5.74) is 0. The summed E-state index contributed by atoms with van der Waals surface area (Å²) < 4.78 is 10.4. The van der Waals surface area contributed by atoms with E-state index in [1.807, 2.05) is 6.07 Å². The number of rotatable bonds is 6. The lowest BCUT2D eigenvalue weighted by Crippen LogP contribution is -2.45. The molecule has 0 aliphatic carbocycles. The van der Waals surface area contributed by atoms with E-state index in [0.717, 1.165) is 4.47 Å². The van der Waals surface area contributed by atoms with Crippen molar-refractivity contribution >= 4 is 27.8 Å². The van der Waals surface area contributed by atoms with Gasteiger partial charge >= 0.3 is 5.97 Å². The maximum atomic E-state index is 11.5. The van der Waals surface area contributed by atoms with Gasteiger partial charge in [0, 0.05) is 0 Å². The fourth-order valence-electron chi connectivity index (χ4n) is 1.26. The molecule has 0 aromatic heterocycles. The SMILES string of the molecule is COC(=O)[C@H](CO)NC(=O)COc1ccccc1Br. The highest BCUT2D eigenvalue weighted by Crippen LogP contribution is 2.23. The van der Waals surface area contributed by atoms with E-state index in [1.165, 1.54) is 7.11 Å². The van der Waals surface area contributed by atoms with Gasteiger partial charge in [-0.25, -0.2) is 4.79 Å². The van der Waals surface area contributed by atoms with E-state index >= 15 is 0 Å². The molecule has 19 heavy (non-hydrogen) atoms. The van der Waals surface area contributed by atoms with Crippen LogP contribution in [-0.2, 0) is 14.3 Å². The summed E-state index contributed by atoms with van der Waals surface area (Å²) in [5.74, 6) is -0.729. The van der Waals surface area contributed by atoms with Crippen LogP contribution in [0.1, 0.15) is 0 Å². The number of benzene rings is 1. The maximum absolute atomic E-state index is 11.5. The molecule has 0 spiro atoms. The van der Waals surface area contributed by atoms with Gasteiger partial charge in [-0.05, 0) is 28.1 Å². The zero-order valence-corrected chi connectivity index (χ0v) is 11.8. The summed E-state index contributed by atoms with van der Waals surface area (Å²) in [6.45, 7) is -0.802. The fraction of sp³-hybridized carbons (Fsp3) is 0.333. The predicted octanol–water partition coefficient (Wildman–Crippen LogP) is 0.478. The highest BCUT2D eigenvalue weighted by Gasteiger charge is 2.20. The summed E-state index contributed by atoms with van der Waals surface area (Å²) in [4.78, 5) is 22.7. The van der Waals surface area contributed by atoms with Gasteiger partial charge in [-0.2, -0.15) is 0 Å². The molecular formula is C12H14BrNO5. The molecule has 0 aliphatic rings. The Balaban J connectivity index is 2.48. The van der Waals surface area contributed by atoms with Crippen LogP contribution >= 0.6 is 15.9 Å². The van der Waals surface area contributed by atoms with Crippen molar-refractivity contribution in [3.63, 3.8) is 0 Å². The van der Waals surface area contributed by atoms with Crippen LogP contribution in [0, 0.1) is 0 Å². The van der Waals surface area contributed by atoms with E-state index in [9.17, 15) is 9.59 Å². The minimum atomic E-state index is -1.08. The van der Waals surface area contributed by atoms with Gasteiger partial charge < -0.3 is 19.9 Å². The first kappa shape index (κ1) is 15.5. The molecule has 1 aromatic rings. The highest BCUT2D eigenvalue weighted by molar-refractivity contribution is 9.10. The molecule has 2 N–H and O–H groups in total. The average Bonchev–Trinajstić information content (AvgIpc) is 2.43. The monoisotopic (exact) mass is 331 g/mol. The number of halogens is 1. The van der Waals surface area contributed by atoms with Crippen molar-refractivity contribution in [1.29, 1.82) is 0 Å². The predicted molar refractivity (Wildman–Crippen MR) is 70.7 cm³/mol. The molecule has 0 saturated carbocycles. The number of hydrogen-bond acceptors (Lipinski definition) is 5. The molecule has 6 nitrogen and oxygen atoms in total. The van der Waals surface area contributed by atoms with Gasteiger partial charge in [0.2, 0.25) is 0 Å². The minimum absolute atomic E-state index is 0.268. The third kappa shape index (κ3) is 4.88. The molecule has 1 aromatic carbocycles. The number of carbonyl (C=O) groups excluding carboxylic acids is 2. The molecule has 1 rings (SSSR count). The van der Waals surface area contributed by atoms with Crippen LogP contribution in [0.2, 0.25) is 0 Å². The Labute approximate surface area is 118 Å².